The summed E-state index contributed by atoms with van der Waals surface area (Å²) in [6.07, 6.45) is 2.97. The van der Waals surface area contributed by atoms with Gasteiger partial charge in [0.05, 0.1) is 5.69 Å². The Hall–Kier alpha value is -1.11. The van der Waals surface area contributed by atoms with Crippen LogP contribution in [0.15, 0.2) is 29.2 Å². The van der Waals surface area contributed by atoms with Crippen LogP contribution in [0.3, 0.4) is 0 Å². The number of nitrogens with one attached hydrogen (secondary N) is 2. The molecule has 19 heavy (non-hydrogen) atoms. The third-order valence-electron chi connectivity index (χ3n) is 3.89. The largest absolute Gasteiger partial charge is 0.323 e. The average molecular weight is 283 g/mol. The Bertz CT molecular complexity index is 555. The molecular formula is C13H21N3O2S. The molecule has 0 aromatic heterocycles. The van der Waals surface area contributed by atoms with E-state index in [1.165, 1.54) is 0 Å². The molecule has 1 fully saturated rings. The predicted molar refractivity (Wildman–Crippen MR) is 76.0 cm³/mol. The van der Waals surface area contributed by atoms with Gasteiger partial charge in [-0.3, -0.25) is 5.84 Å². The zero-order valence-corrected chi connectivity index (χ0v) is 12.1. The lowest BCUT2D eigenvalue weighted by atomic mass is 9.88. The Morgan fingerprint density at radius 2 is 2.00 bits per heavy atom. The van der Waals surface area contributed by atoms with Crippen LogP contribution in [0, 0.1) is 5.41 Å². The second-order valence-corrected chi connectivity index (χ2v) is 7.38. The fourth-order valence-electron chi connectivity index (χ4n) is 2.62. The molecule has 1 aliphatic carbocycles. The summed E-state index contributed by atoms with van der Waals surface area (Å²) in [4.78, 5) is 0.195. The molecule has 0 heterocycles. The molecule has 106 valence electrons. The molecule has 2 rings (SSSR count). The number of nitrogens with two attached hydrogens (primary N) is 1. The van der Waals surface area contributed by atoms with E-state index in [1.807, 2.05) is 0 Å². The number of nitrogen functional groups attached to an aromatic ring is 1. The molecule has 4 N–H and O–H groups in total. The van der Waals surface area contributed by atoms with Crippen molar-refractivity contribution in [1.82, 2.24) is 4.72 Å². The van der Waals surface area contributed by atoms with Crippen LogP contribution in [0.1, 0.15) is 33.1 Å². The molecule has 5 nitrogen and oxygen atoms in total. The first-order valence-electron chi connectivity index (χ1n) is 6.45. The van der Waals surface area contributed by atoms with Gasteiger partial charge < -0.3 is 5.43 Å². The van der Waals surface area contributed by atoms with Crippen molar-refractivity contribution in [2.45, 2.75) is 44.0 Å². The van der Waals surface area contributed by atoms with Crippen molar-refractivity contribution in [3.8, 4) is 0 Å². The molecule has 1 aliphatic rings. The molecule has 0 bridgehead atoms. The monoisotopic (exact) mass is 283 g/mol. The van der Waals surface area contributed by atoms with E-state index in [9.17, 15) is 8.42 Å². The van der Waals surface area contributed by atoms with Gasteiger partial charge in [-0.1, -0.05) is 32.4 Å². The molecule has 6 heteroatoms. The van der Waals surface area contributed by atoms with Gasteiger partial charge in [-0.05, 0) is 30.4 Å². The summed E-state index contributed by atoms with van der Waals surface area (Å²) in [5, 5.41) is 0. The molecule has 0 aliphatic heterocycles. The van der Waals surface area contributed by atoms with Gasteiger partial charge in [-0.25, -0.2) is 13.1 Å². The zero-order chi connectivity index (χ0) is 14.1. The van der Waals surface area contributed by atoms with Gasteiger partial charge in [0.2, 0.25) is 10.0 Å². The molecule has 0 amide bonds. The van der Waals surface area contributed by atoms with Crippen LogP contribution >= 0.6 is 0 Å². The Kier molecular flexibility index (Phi) is 3.85. The second-order valence-electron chi connectivity index (χ2n) is 5.70. The molecular weight excluding hydrogens is 262 g/mol. The van der Waals surface area contributed by atoms with E-state index in [2.05, 4.69) is 24.0 Å². The van der Waals surface area contributed by atoms with E-state index in [4.69, 9.17) is 5.84 Å². The number of rotatable bonds is 4. The number of hydrogen-bond acceptors (Lipinski definition) is 4. The zero-order valence-electron chi connectivity index (χ0n) is 11.3. The Labute approximate surface area is 114 Å². The molecule has 1 saturated carbocycles. The van der Waals surface area contributed by atoms with Crippen LogP contribution in [0.5, 0.6) is 0 Å². The lowest BCUT2D eigenvalue weighted by Crippen LogP contribution is -2.41. The highest BCUT2D eigenvalue weighted by Crippen LogP contribution is 2.38. The van der Waals surface area contributed by atoms with Gasteiger partial charge in [-0.15, -0.1) is 0 Å². The highest BCUT2D eigenvalue weighted by Gasteiger charge is 2.37. The van der Waals surface area contributed by atoms with Gasteiger partial charge in [0.25, 0.3) is 0 Å². The quantitative estimate of drug-likeness (QED) is 0.581. The summed E-state index contributed by atoms with van der Waals surface area (Å²) < 4.78 is 27.7. The van der Waals surface area contributed by atoms with Crippen LogP contribution in [-0.4, -0.2) is 14.5 Å². The maximum Gasteiger partial charge on any atom is 0.242 e. The Morgan fingerprint density at radius 3 is 2.58 bits per heavy atom. The van der Waals surface area contributed by atoms with Crippen molar-refractivity contribution in [1.29, 1.82) is 0 Å². The van der Waals surface area contributed by atoms with E-state index in [-0.39, 0.29) is 16.4 Å². The van der Waals surface area contributed by atoms with Gasteiger partial charge in [0.15, 0.2) is 0 Å². The van der Waals surface area contributed by atoms with Gasteiger partial charge in [0.1, 0.15) is 4.90 Å². The van der Waals surface area contributed by atoms with Crippen molar-refractivity contribution in [3.63, 3.8) is 0 Å². The van der Waals surface area contributed by atoms with Gasteiger partial charge in [-0.2, -0.15) is 0 Å². The smallest absolute Gasteiger partial charge is 0.242 e. The lowest BCUT2D eigenvalue weighted by Gasteiger charge is -2.27. The minimum absolute atomic E-state index is 0.00183. The van der Waals surface area contributed by atoms with E-state index < -0.39 is 10.0 Å². The maximum atomic E-state index is 12.4. The van der Waals surface area contributed by atoms with E-state index in [0.29, 0.717) is 5.69 Å². The highest BCUT2D eigenvalue weighted by molar-refractivity contribution is 7.89. The fourth-order valence-corrected chi connectivity index (χ4v) is 4.23. The normalized spacial score (nSPS) is 22.4. The van der Waals surface area contributed by atoms with Crippen LogP contribution in [0.25, 0.3) is 0 Å². The van der Waals surface area contributed by atoms with E-state index >= 15 is 0 Å². The number of para-hydroxylation sites is 1. The molecule has 1 aromatic carbocycles. The van der Waals surface area contributed by atoms with Crippen LogP contribution in [0.4, 0.5) is 5.69 Å². The minimum Gasteiger partial charge on any atom is -0.323 e. The summed E-state index contributed by atoms with van der Waals surface area (Å²) >= 11 is 0. The summed E-state index contributed by atoms with van der Waals surface area (Å²) in [7, 11) is -3.55. The highest BCUT2D eigenvalue weighted by atomic mass is 32.2. The standard InChI is InChI=1S/C13H21N3O2S/c1-13(2)9-5-8-12(13)16-19(17,18)11-7-4-3-6-10(11)15-14/h3-4,6-7,12,15-16H,5,8-9,14H2,1-2H3. The van der Waals surface area contributed by atoms with Crippen molar-refractivity contribution < 1.29 is 8.42 Å². The number of sulfonamides is 1. The molecule has 0 spiro atoms. The predicted octanol–water partition coefficient (Wildman–Crippen LogP) is 1.83. The summed E-state index contributed by atoms with van der Waals surface area (Å²) in [5.41, 5.74) is 2.83. The Morgan fingerprint density at radius 1 is 1.32 bits per heavy atom. The molecule has 0 saturated heterocycles. The topological polar surface area (TPSA) is 84.2 Å². The van der Waals surface area contributed by atoms with Crippen molar-refractivity contribution in [2.75, 3.05) is 5.43 Å². The third-order valence-corrected chi connectivity index (χ3v) is 5.42. The van der Waals surface area contributed by atoms with Crippen LogP contribution in [-0.2, 0) is 10.0 Å². The molecule has 1 aromatic rings. The third kappa shape index (κ3) is 2.91. The first kappa shape index (κ1) is 14.3. The molecule has 1 unspecified atom stereocenters. The SMILES string of the molecule is CC1(C)CCCC1NS(=O)(=O)c1ccccc1NN. The number of anilines is 1. The average Bonchev–Trinajstić information content (AvgIpc) is 2.68. The first-order chi connectivity index (χ1) is 8.87. The number of hydrazine groups is 1. The van der Waals surface area contributed by atoms with Crippen molar-refractivity contribution in [3.05, 3.63) is 24.3 Å². The summed E-state index contributed by atoms with van der Waals surface area (Å²) in [6, 6.07) is 6.61. The second kappa shape index (κ2) is 5.11. The Balaban J connectivity index is 2.28. The summed E-state index contributed by atoms with van der Waals surface area (Å²) in [5.74, 6) is 5.37. The number of hydrogen-bond donors (Lipinski definition) is 3. The summed E-state index contributed by atoms with van der Waals surface area (Å²) in [6.45, 7) is 4.19. The minimum atomic E-state index is -3.55. The van der Waals surface area contributed by atoms with E-state index in [0.717, 1.165) is 19.3 Å². The van der Waals surface area contributed by atoms with Crippen LogP contribution in [0.2, 0.25) is 0 Å². The van der Waals surface area contributed by atoms with Gasteiger partial charge >= 0.3 is 0 Å². The van der Waals surface area contributed by atoms with Gasteiger partial charge in [0, 0.05) is 6.04 Å². The first-order valence-corrected chi connectivity index (χ1v) is 7.93. The lowest BCUT2D eigenvalue weighted by molar-refractivity contribution is 0.313. The molecule has 1 atom stereocenters. The fraction of sp³-hybridized carbons (Fsp3) is 0.538. The van der Waals surface area contributed by atoms with Crippen molar-refractivity contribution in [2.24, 2.45) is 11.3 Å². The van der Waals surface area contributed by atoms with E-state index in [1.54, 1.807) is 24.3 Å². The number of benzene rings is 1. The maximum absolute atomic E-state index is 12.4. The molecule has 0 radical (unpaired) electrons. The van der Waals surface area contributed by atoms with Crippen molar-refractivity contribution >= 4 is 15.7 Å². The van der Waals surface area contributed by atoms with Crippen LogP contribution < -0.4 is 16.0 Å².